The van der Waals surface area contributed by atoms with E-state index in [4.69, 9.17) is 4.74 Å². The number of nitrogens with one attached hydrogen (secondary N) is 1. The van der Waals surface area contributed by atoms with Crippen LogP contribution in [-0.4, -0.2) is 24.3 Å². The Balaban J connectivity index is 1.75. The van der Waals surface area contributed by atoms with E-state index in [-0.39, 0.29) is 25.2 Å². The van der Waals surface area contributed by atoms with Crippen molar-refractivity contribution in [3.05, 3.63) is 51.2 Å². The highest BCUT2D eigenvalue weighted by Crippen LogP contribution is 2.22. The van der Waals surface area contributed by atoms with Gasteiger partial charge in [-0.1, -0.05) is 19.1 Å². The Morgan fingerprint density at radius 3 is 2.54 bits per heavy atom. The lowest BCUT2D eigenvalue weighted by molar-refractivity contribution is -0.147. The van der Waals surface area contributed by atoms with E-state index >= 15 is 0 Å². The van der Waals surface area contributed by atoms with Crippen molar-refractivity contribution < 1.29 is 19.1 Å². The van der Waals surface area contributed by atoms with Crippen molar-refractivity contribution in [3.63, 3.8) is 0 Å². The van der Waals surface area contributed by atoms with Gasteiger partial charge < -0.3 is 10.1 Å². The zero-order valence-corrected chi connectivity index (χ0v) is 16.1. The number of thiophene rings is 1. The lowest BCUT2D eigenvalue weighted by Crippen LogP contribution is -2.21. The van der Waals surface area contributed by atoms with E-state index in [1.165, 1.54) is 0 Å². The van der Waals surface area contributed by atoms with Crippen LogP contribution in [0.15, 0.2) is 30.3 Å². The summed E-state index contributed by atoms with van der Waals surface area (Å²) < 4.78 is 4.95. The molecule has 1 heterocycles. The van der Waals surface area contributed by atoms with Crippen molar-refractivity contribution in [1.82, 2.24) is 0 Å². The molecule has 0 unspecified atom stereocenters. The minimum absolute atomic E-state index is 0.0359. The number of ketones is 1. The Morgan fingerprint density at radius 1 is 1.12 bits per heavy atom. The Labute approximate surface area is 157 Å². The molecule has 0 saturated carbocycles. The molecule has 0 aliphatic rings. The summed E-state index contributed by atoms with van der Waals surface area (Å²) in [6.07, 6.45) is 0.914. The number of amides is 1. The van der Waals surface area contributed by atoms with Gasteiger partial charge in [0.05, 0.1) is 6.42 Å². The third kappa shape index (κ3) is 5.81. The van der Waals surface area contributed by atoms with Crippen LogP contribution in [0.4, 0.5) is 5.69 Å². The van der Waals surface area contributed by atoms with Gasteiger partial charge >= 0.3 is 5.97 Å². The molecule has 1 N–H and O–H groups in total. The number of anilines is 1. The number of hydrogen-bond acceptors (Lipinski definition) is 5. The van der Waals surface area contributed by atoms with E-state index in [1.54, 1.807) is 17.4 Å². The number of esters is 1. The number of benzene rings is 1. The number of rotatable bonds is 8. The van der Waals surface area contributed by atoms with Crippen molar-refractivity contribution in [1.29, 1.82) is 0 Å². The highest BCUT2D eigenvalue weighted by Gasteiger charge is 2.15. The van der Waals surface area contributed by atoms with Gasteiger partial charge in [-0.25, -0.2) is 0 Å². The normalized spacial score (nSPS) is 10.4. The standard InChI is InChI=1S/C20H23NO4S/c1-4-15-6-5-7-16(11-15)21-19(23)12-25-20(24)9-8-18(22)17-10-13(2)26-14(17)3/h5-7,10-11H,4,8-9,12H2,1-3H3,(H,21,23). The third-order valence-corrected chi connectivity index (χ3v) is 4.85. The Morgan fingerprint density at radius 2 is 1.88 bits per heavy atom. The molecule has 2 rings (SSSR count). The second-order valence-electron chi connectivity index (χ2n) is 6.01. The predicted molar refractivity (Wildman–Crippen MR) is 103 cm³/mol. The number of hydrogen-bond donors (Lipinski definition) is 1. The van der Waals surface area contributed by atoms with Gasteiger partial charge in [0.1, 0.15) is 0 Å². The van der Waals surface area contributed by atoms with Gasteiger partial charge in [0, 0.05) is 27.4 Å². The minimum Gasteiger partial charge on any atom is -0.456 e. The lowest BCUT2D eigenvalue weighted by atomic mass is 10.1. The number of ether oxygens (including phenoxy) is 1. The average molecular weight is 373 g/mol. The molecule has 0 saturated heterocycles. The summed E-state index contributed by atoms with van der Waals surface area (Å²) in [5.74, 6) is -1.03. The topological polar surface area (TPSA) is 72.5 Å². The van der Waals surface area contributed by atoms with Gasteiger partial charge in [-0.3, -0.25) is 14.4 Å². The van der Waals surface area contributed by atoms with E-state index < -0.39 is 11.9 Å². The van der Waals surface area contributed by atoms with Crippen molar-refractivity contribution in [2.45, 2.75) is 40.0 Å². The fourth-order valence-electron chi connectivity index (χ4n) is 2.54. The quantitative estimate of drug-likeness (QED) is 0.559. The summed E-state index contributed by atoms with van der Waals surface area (Å²) in [7, 11) is 0. The smallest absolute Gasteiger partial charge is 0.306 e. The van der Waals surface area contributed by atoms with Crippen LogP contribution in [0.1, 0.15) is 45.4 Å². The van der Waals surface area contributed by atoms with E-state index in [2.05, 4.69) is 5.32 Å². The SMILES string of the molecule is CCc1cccc(NC(=O)COC(=O)CCC(=O)c2cc(C)sc2C)c1. The fourth-order valence-corrected chi connectivity index (χ4v) is 3.48. The molecule has 0 spiro atoms. The molecule has 0 fully saturated rings. The summed E-state index contributed by atoms with van der Waals surface area (Å²) in [5, 5.41) is 2.69. The van der Waals surface area contributed by atoms with Crippen LogP contribution in [0.5, 0.6) is 0 Å². The summed E-state index contributed by atoms with van der Waals surface area (Å²) >= 11 is 1.56. The summed E-state index contributed by atoms with van der Waals surface area (Å²) in [4.78, 5) is 37.8. The maximum atomic E-state index is 12.1. The molecule has 5 nitrogen and oxygen atoms in total. The maximum absolute atomic E-state index is 12.1. The molecular formula is C20H23NO4S. The van der Waals surface area contributed by atoms with Gasteiger partial charge in [0.2, 0.25) is 0 Å². The fraction of sp³-hybridized carbons (Fsp3) is 0.350. The minimum atomic E-state index is -0.555. The largest absolute Gasteiger partial charge is 0.456 e. The molecule has 2 aromatic rings. The number of carbonyl (C=O) groups is 3. The maximum Gasteiger partial charge on any atom is 0.306 e. The van der Waals surface area contributed by atoms with Crippen molar-refractivity contribution >= 4 is 34.7 Å². The molecule has 0 atom stereocenters. The van der Waals surface area contributed by atoms with Crippen LogP contribution >= 0.6 is 11.3 Å². The van der Waals surface area contributed by atoms with Crippen LogP contribution in [0.3, 0.4) is 0 Å². The zero-order valence-electron chi connectivity index (χ0n) is 15.3. The monoisotopic (exact) mass is 373 g/mol. The Kier molecular flexibility index (Phi) is 7.09. The van der Waals surface area contributed by atoms with E-state index in [1.807, 2.05) is 45.0 Å². The zero-order chi connectivity index (χ0) is 19.1. The Hall–Kier alpha value is -2.47. The first-order valence-corrected chi connectivity index (χ1v) is 9.35. The summed E-state index contributed by atoms with van der Waals surface area (Å²) in [6, 6.07) is 9.33. The number of carbonyl (C=O) groups excluding carboxylic acids is 3. The predicted octanol–water partition coefficient (Wildman–Crippen LogP) is 4.07. The van der Waals surface area contributed by atoms with Crippen molar-refractivity contribution in [2.75, 3.05) is 11.9 Å². The molecular weight excluding hydrogens is 350 g/mol. The number of aryl methyl sites for hydroxylation is 3. The van der Waals surface area contributed by atoms with Gasteiger partial charge in [-0.05, 0) is 44.0 Å². The van der Waals surface area contributed by atoms with E-state index in [9.17, 15) is 14.4 Å². The highest BCUT2D eigenvalue weighted by atomic mass is 32.1. The van der Waals surface area contributed by atoms with Crippen LogP contribution in [0.2, 0.25) is 0 Å². The first-order chi connectivity index (χ1) is 12.4. The highest BCUT2D eigenvalue weighted by molar-refractivity contribution is 7.12. The molecule has 0 radical (unpaired) electrons. The van der Waals surface area contributed by atoms with Gasteiger partial charge in [0.25, 0.3) is 5.91 Å². The first kappa shape index (κ1) is 19.8. The van der Waals surface area contributed by atoms with Gasteiger partial charge in [0.15, 0.2) is 12.4 Å². The second-order valence-corrected chi connectivity index (χ2v) is 7.47. The summed E-state index contributed by atoms with van der Waals surface area (Å²) in [5.41, 5.74) is 2.44. The van der Waals surface area contributed by atoms with Gasteiger partial charge in [-0.15, -0.1) is 11.3 Å². The van der Waals surface area contributed by atoms with Crippen LogP contribution in [-0.2, 0) is 20.7 Å². The van der Waals surface area contributed by atoms with Crippen molar-refractivity contribution in [2.24, 2.45) is 0 Å². The molecule has 0 bridgehead atoms. The number of Topliss-reactive ketones (excluding diaryl/α,β-unsaturated/α-hetero) is 1. The molecule has 1 aromatic carbocycles. The van der Waals surface area contributed by atoms with Crippen molar-refractivity contribution in [3.8, 4) is 0 Å². The first-order valence-electron chi connectivity index (χ1n) is 8.53. The summed E-state index contributed by atoms with van der Waals surface area (Å²) in [6.45, 7) is 5.50. The van der Waals surface area contributed by atoms with Crippen LogP contribution < -0.4 is 5.32 Å². The van der Waals surface area contributed by atoms with Crippen LogP contribution in [0.25, 0.3) is 0 Å². The molecule has 1 amide bonds. The Bertz CT molecular complexity index is 810. The molecule has 26 heavy (non-hydrogen) atoms. The molecule has 1 aromatic heterocycles. The molecule has 6 heteroatoms. The van der Waals surface area contributed by atoms with E-state index in [0.717, 1.165) is 21.7 Å². The second kappa shape index (κ2) is 9.29. The lowest BCUT2D eigenvalue weighted by Gasteiger charge is -2.07. The van der Waals surface area contributed by atoms with Gasteiger partial charge in [-0.2, -0.15) is 0 Å². The molecule has 0 aliphatic heterocycles. The third-order valence-electron chi connectivity index (χ3n) is 3.88. The van der Waals surface area contributed by atoms with E-state index in [0.29, 0.717) is 11.3 Å². The van der Waals surface area contributed by atoms with Crippen LogP contribution in [0, 0.1) is 13.8 Å². The molecule has 138 valence electrons. The molecule has 0 aliphatic carbocycles. The average Bonchev–Trinajstić information content (AvgIpc) is 2.96.